The van der Waals surface area contributed by atoms with Crippen LogP contribution in [0.1, 0.15) is 30.0 Å². The number of Topliss-reactive ketones (excluding diaryl/α,β-unsaturated/α-hetero) is 1. The van der Waals surface area contributed by atoms with Crippen LogP contribution in [0.15, 0.2) is 52.0 Å². The second kappa shape index (κ2) is 8.92. The van der Waals surface area contributed by atoms with Crippen LogP contribution in [0.2, 0.25) is 0 Å². The van der Waals surface area contributed by atoms with Crippen molar-refractivity contribution in [2.75, 3.05) is 32.7 Å². The first-order valence-electron chi connectivity index (χ1n) is 9.67. The zero-order valence-electron chi connectivity index (χ0n) is 16.7. The largest absolute Gasteiger partial charge is 0.461 e. The van der Waals surface area contributed by atoms with Gasteiger partial charge in [0.2, 0.25) is 11.7 Å². The second-order valence-corrected chi connectivity index (χ2v) is 9.98. The molecule has 0 N–H and O–H groups in total. The first kappa shape index (κ1) is 21.3. The van der Waals surface area contributed by atoms with Crippen LogP contribution in [-0.2, 0) is 21.1 Å². The van der Waals surface area contributed by atoms with E-state index in [-0.39, 0.29) is 29.6 Å². The first-order chi connectivity index (χ1) is 13.8. The van der Waals surface area contributed by atoms with E-state index in [1.807, 2.05) is 4.90 Å². The van der Waals surface area contributed by atoms with Crippen molar-refractivity contribution in [3.8, 4) is 0 Å². The number of hydrogen-bond donors (Lipinski definition) is 0. The van der Waals surface area contributed by atoms with Gasteiger partial charge < -0.3 is 9.32 Å². The molecule has 0 saturated carbocycles. The van der Waals surface area contributed by atoms with Gasteiger partial charge in [0.05, 0.1) is 29.4 Å². The van der Waals surface area contributed by atoms with Crippen molar-refractivity contribution >= 4 is 21.5 Å². The normalized spacial score (nSPS) is 15.6. The van der Waals surface area contributed by atoms with Gasteiger partial charge in [-0.3, -0.25) is 14.5 Å². The molecule has 7 nitrogen and oxygen atoms in total. The summed E-state index contributed by atoms with van der Waals surface area (Å²) in [5.74, 6) is 0.291. The van der Waals surface area contributed by atoms with Gasteiger partial charge in [-0.05, 0) is 43.7 Å². The number of piperazine rings is 1. The average Bonchev–Trinajstić information content (AvgIpc) is 3.24. The van der Waals surface area contributed by atoms with Crippen LogP contribution >= 0.6 is 0 Å². The number of furan rings is 1. The standard InChI is InChI=1S/C21H26N2O5S/c1-16(2)29(26,27)18-7-5-17(6-8-18)14-21(25)23-11-9-22(10-12-23)15-19(24)20-4-3-13-28-20/h3-8,13,16H,9-12,14-15H2,1-2H3. The summed E-state index contributed by atoms with van der Waals surface area (Å²) in [5.41, 5.74) is 0.785. The Kier molecular flexibility index (Phi) is 6.54. The van der Waals surface area contributed by atoms with Crippen molar-refractivity contribution in [2.45, 2.75) is 30.4 Å². The van der Waals surface area contributed by atoms with Gasteiger partial charge in [0, 0.05) is 26.2 Å². The third-order valence-corrected chi connectivity index (χ3v) is 7.29. The Bertz CT molecular complexity index is 941. The topological polar surface area (TPSA) is 87.9 Å². The highest BCUT2D eigenvalue weighted by atomic mass is 32.2. The van der Waals surface area contributed by atoms with Crippen LogP contribution in [0, 0.1) is 0 Å². The van der Waals surface area contributed by atoms with Crippen molar-refractivity contribution in [1.82, 2.24) is 9.80 Å². The lowest BCUT2D eigenvalue weighted by Gasteiger charge is -2.34. The van der Waals surface area contributed by atoms with Crippen molar-refractivity contribution in [2.24, 2.45) is 0 Å². The van der Waals surface area contributed by atoms with Gasteiger partial charge in [-0.15, -0.1) is 0 Å². The molecule has 156 valence electrons. The number of amides is 1. The monoisotopic (exact) mass is 418 g/mol. The predicted octanol–water partition coefficient (Wildman–Crippen LogP) is 2.03. The molecule has 2 heterocycles. The van der Waals surface area contributed by atoms with Gasteiger partial charge in [-0.2, -0.15) is 0 Å². The van der Waals surface area contributed by atoms with Gasteiger partial charge in [0.25, 0.3) is 0 Å². The van der Waals surface area contributed by atoms with Crippen molar-refractivity contribution < 1.29 is 22.4 Å². The summed E-state index contributed by atoms with van der Waals surface area (Å²) in [6.07, 6.45) is 1.71. The molecule has 1 aliphatic rings. The predicted molar refractivity (Wildman–Crippen MR) is 109 cm³/mol. The zero-order chi connectivity index (χ0) is 21.0. The summed E-state index contributed by atoms with van der Waals surface area (Å²) in [4.78, 5) is 28.8. The number of carbonyl (C=O) groups is 2. The molecule has 0 radical (unpaired) electrons. The van der Waals surface area contributed by atoms with E-state index in [1.165, 1.54) is 6.26 Å². The van der Waals surface area contributed by atoms with Crippen LogP contribution in [0.4, 0.5) is 0 Å². The van der Waals surface area contributed by atoms with E-state index < -0.39 is 15.1 Å². The molecule has 0 aliphatic carbocycles. The fourth-order valence-corrected chi connectivity index (χ4v) is 4.29. The molecule has 0 bridgehead atoms. The summed E-state index contributed by atoms with van der Waals surface area (Å²) < 4.78 is 29.5. The van der Waals surface area contributed by atoms with Gasteiger partial charge in [0.1, 0.15) is 0 Å². The van der Waals surface area contributed by atoms with E-state index in [0.29, 0.717) is 31.9 Å². The van der Waals surface area contributed by atoms with E-state index in [2.05, 4.69) is 0 Å². The molecule has 0 unspecified atom stereocenters. The number of benzene rings is 1. The highest BCUT2D eigenvalue weighted by Crippen LogP contribution is 2.17. The molecule has 0 atom stereocenters. The van der Waals surface area contributed by atoms with E-state index in [4.69, 9.17) is 4.42 Å². The molecule has 0 spiro atoms. The van der Waals surface area contributed by atoms with E-state index >= 15 is 0 Å². The first-order valence-corrected chi connectivity index (χ1v) is 11.2. The van der Waals surface area contributed by atoms with E-state index in [0.717, 1.165) is 5.56 Å². The summed E-state index contributed by atoms with van der Waals surface area (Å²) >= 11 is 0. The van der Waals surface area contributed by atoms with Gasteiger partial charge in [-0.1, -0.05) is 12.1 Å². The Balaban J connectivity index is 1.50. The molecule has 8 heteroatoms. The van der Waals surface area contributed by atoms with Crippen LogP contribution < -0.4 is 0 Å². The van der Waals surface area contributed by atoms with Gasteiger partial charge in [-0.25, -0.2) is 8.42 Å². The maximum Gasteiger partial charge on any atom is 0.227 e. The maximum atomic E-state index is 12.6. The summed E-state index contributed by atoms with van der Waals surface area (Å²) in [5, 5.41) is -0.481. The Morgan fingerprint density at radius 1 is 1.03 bits per heavy atom. The lowest BCUT2D eigenvalue weighted by molar-refractivity contribution is -0.132. The number of ketones is 1. The number of sulfone groups is 1. The minimum Gasteiger partial charge on any atom is -0.461 e. The fraction of sp³-hybridized carbons (Fsp3) is 0.429. The van der Waals surface area contributed by atoms with Crippen molar-refractivity contribution in [3.63, 3.8) is 0 Å². The van der Waals surface area contributed by atoms with Gasteiger partial charge in [0.15, 0.2) is 15.6 Å². The summed E-state index contributed by atoms with van der Waals surface area (Å²) in [7, 11) is -3.31. The molecule has 1 amide bonds. The molecule has 29 heavy (non-hydrogen) atoms. The summed E-state index contributed by atoms with van der Waals surface area (Å²) in [6.45, 7) is 5.95. The zero-order valence-corrected chi connectivity index (χ0v) is 17.5. The molecule has 1 aliphatic heterocycles. The third-order valence-electron chi connectivity index (χ3n) is 5.12. The van der Waals surface area contributed by atoms with E-state index in [9.17, 15) is 18.0 Å². The van der Waals surface area contributed by atoms with Gasteiger partial charge >= 0.3 is 0 Å². The smallest absolute Gasteiger partial charge is 0.227 e. The lowest BCUT2D eigenvalue weighted by Crippen LogP contribution is -2.50. The highest BCUT2D eigenvalue weighted by Gasteiger charge is 2.24. The minimum absolute atomic E-state index is 0.00137. The SMILES string of the molecule is CC(C)S(=O)(=O)c1ccc(CC(=O)N2CCN(CC(=O)c3ccco3)CC2)cc1. The molecule has 1 aromatic carbocycles. The van der Waals surface area contributed by atoms with Crippen molar-refractivity contribution in [3.05, 3.63) is 54.0 Å². The second-order valence-electron chi connectivity index (χ2n) is 7.47. The van der Waals surface area contributed by atoms with Crippen LogP contribution in [0.25, 0.3) is 0 Å². The maximum absolute atomic E-state index is 12.6. The van der Waals surface area contributed by atoms with Crippen molar-refractivity contribution in [1.29, 1.82) is 0 Å². The fourth-order valence-electron chi connectivity index (χ4n) is 3.23. The lowest BCUT2D eigenvalue weighted by atomic mass is 10.1. The number of nitrogens with zero attached hydrogens (tertiary/aromatic N) is 2. The number of rotatable bonds is 7. The van der Waals surface area contributed by atoms with E-state index in [1.54, 1.807) is 55.1 Å². The molecular formula is C21H26N2O5S. The minimum atomic E-state index is -3.31. The Labute approximate surface area is 171 Å². The Hall–Kier alpha value is -2.45. The molecule has 1 fully saturated rings. The van der Waals surface area contributed by atoms with Crippen LogP contribution in [-0.4, -0.2) is 67.9 Å². The molecular weight excluding hydrogens is 392 g/mol. The van der Waals surface area contributed by atoms with Crippen LogP contribution in [0.3, 0.4) is 0 Å². The van der Waals surface area contributed by atoms with Crippen LogP contribution in [0.5, 0.6) is 0 Å². The third kappa shape index (κ3) is 5.13. The highest BCUT2D eigenvalue weighted by molar-refractivity contribution is 7.92. The number of carbonyl (C=O) groups excluding carboxylic acids is 2. The Morgan fingerprint density at radius 3 is 2.24 bits per heavy atom. The molecule has 3 rings (SSSR count). The molecule has 1 aromatic heterocycles. The molecule has 2 aromatic rings. The number of hydrogen-bond acceptors (Lipinski definition) is 6. The Morgan fingerprint density at radius 2 is 1.69 bits per heavy atom. The average molecular weight is 419 g/mol. The quantitative estimate of drug-likeness (QED) is 0.640. The summed E-state index contributed by atoms with van der Waals surface area (Å²) in [6, 6.07) is 9.87. The molecule has 1 saturated heterocycles.